The lowest BCUT2D eigenvalue weighted by molar-refractivity contribution is -0.126. The normalized spacial score (nSPS) is 39.4. The topological polar surface area (TPSA) is 32.3 Å². The first kappa shape index (κ1) is 12.5. The summed E-state index contributed by atoms with van der Waals surface area (Å²) in [5.74, 6) is 2.02. The van der Waals surface area contributed by atoms with Crippen LogP contribution in [-0.2, 0) is 4.79 Å². The van der Waals surface area contributed by atoms with Gasteiger partial charge in [0.25, 0.3) is 0 Å². The lowest BCUT2D eigenvalue weighted by atomic mass is 9.95. The van der Waals surface area contributed by atoms with Crippen molar-refractivity contribution in [1.82, 2.24) is 10.2 Å². The minimum absolute atomic E-state index is 0.170. The molecule has 3 nitrogen and oxygen atoms in total. The molecule has 102 valence electrons. The van der Waals surface area contributed by atoms with Gasteiger partial charge in [0.1, 0.15) is 0 Å². The molecule has 1 N–H and O–H groups in total. The van der Waals surface area contributed by atoms with Gasteiger partial charge in [-0.1, -0.05) is 13.3 Å². The number of hydrogen-bond donors (Lipinski definition) is 1. The zero-order valence-electron chi connectivity index (χ0n) is 11.5. The van der Waals surface area contributed by atoms with Gasteiger partial charge in [-0.05, 0) is 63.5 Å². The van der Waals surface area contributed by atoms with E-state index in [1.165, 1.54) is 32.1 Å². The van der Waals surface area contributed by atoms with Crippen LogP contribution in [0, 0.1) is 11.8 Å². The predicted octanol–water partition coefficient (Wildman–Crippen LogP) is 2.17. The van der Waals surface area contributed by atoms with E-state index in [0.717, 1.165) is 37.8 Å². The zero-order chi connectivity index (χ0) is 12.5. The van der Waals surface area contributed by atoms with Crippen molar-refractivity contribution in [2.24, 2.45) is 11.8 Å². The maximum Gasteiger partial charge on any atom is 0.237 e. The van der Waals surface area contributed by atoms with Crippen LogP contribution in [0.1, 0.15) is 51.9 Å². The van der Waals surface area contributed by atoms with E-state index in [2.05, 4.69) is 17.1 Å². The minimum Gasteiger partial charge on any atom is -0.352 e. The molecule has 0 spiro atoms. The fourth-order valence-electron chi connectivity index (χ4n) is 4.38. The van der Waals surface area contributed by atoms with Crippen LogP contribution in [0.2, 0.25) is 0 Å². The molecule has 3 heteroatoms. The van der Waals surface area contributed by atoms with Gasteiger partial charge < -0.3 is 5.32 Å². The van der Waals surface area contributed by atoms with Gasteiger partial charge in [-0.2, -0.15) is 0 Å². The third-order valence-corrected chi connectivity index (χ3v) is 5.24. The Kier molecular flexibility index (Phi) is 3.60. The van der Waals surface area contributed by atoms with Gasteiger partial charge in [-0.15, -0.1) is 0 Å². The molecular formula is C15H26N2O. The van der Waals surface area contributed by atoms with Gasteiger partial charge in [0.15, 0.2) is 0 Å². The van der Waals surface area contributed by atoms with Gasteiger partial charge in [0.2, 0.25) is 5.91 Å². The Bertz CT molecular complexity index is 318. The quantitative estimate of drug-likeness (QED) is 0.829. The van der Waals surface area contributed by atoms with Crippen molar-refractivity contribution in [3.63, 3.8) is 0 Å². The number of fused-ring (bicyclic) bond motifs is 2. The number of carbonyl (C=O) groups excluding carboxylic acids is 1. The first-order valence-electron chi connectivity index (χ1n) is 7.82. The van der Waals surface area contributed by atoms with Crippen LogP contribution in [0.3, 0.4) is 0 Å². The molecule has 4 atom stereocenters. The van der Waals surface area contributed by atoms with Gasteiger partial charge in [0, 0.05) is 6.04 Å². The Hall–Kier alpha value is -0.570. The number of nitrogens with one attached hydrogen (secondary N) is 1. The van der Waals surface area contributed by atoms with Crippen molar-refractivity contribution in [3.05, 3.63) is 0 Å². The summed E-state index contributed by atoms with van der Waals surface area (Å²) in [5, 5.41) is 3.36. The highest BCUT2D eigenvalue weighted by Crippen LogP contribution is 2.44. The van der Waals surface area contributed by atoms with Crippen LogP contribution < -0.4 is 5.32 Å². The highest BCUT2D eigenvalue weighted by atomic mass is 16.2. The number of likely N-dealkylation sites (tertiary alicyclic amines) is 1. The summed E-state index contributed by atoms with van der Waals surface area (Å²) < 4.78 is 0. The van der Waals surface area contributed by atoms with Crippen LogP contribution in [0.5, 0.6) is 0 Å². The van der Waals surface area contributed by atoms with E-state index in [-0.39, 0.29) is 6.04 Å². The Morgan fingerprint density at radius 3 is 2.83 bits per heavy atom. The number of hydrogen-bond acceptors (Lipinski definition) is 2. The molecule has 0 aromatic carbocycles. The number of carbonyl (C=O) groups is 1. The Balaban J connectivity index is 1.54. The second-order valence-corrected chi connectivity index (χ2v) is 6.48. The summed E-state index contributed by atoms with van der Waals surface area (Å²) in [6.45, 7) is 4.39. The van der Waals surface area contributed by atoms with E-state index in [0.29, 0.717) is 11.9 Å². The van der Waals surface area contributed by atoms with Crippen LogP contribution in [-0.4, -0.2) is 36.0 Å². The molecule has 0 aromatic rings. The summed E-state index contributed by atoms with van der Waals surface area (Å²) in [6.07, 6.45) is 8.77. The SMILES string of the molecule is CCCN1CCCC1C(=O)NC1CC2CCC1C2. The van der Waals surface area contributed by atoms with Crippen LogP contribution in [0.15, 0.2) is 0 Å². The lowest BCUT2D eigenvalue weighted by Crippen LogP contribution is -2.48. The molecule has 1 aliphatic heterocycles. The molecule has 18 heavy (non-hydrogen) atoms. The highest BCUT2D eigenvalue weighted by Gasteiger charge is 2.41. The summed E-state index contributed by atoms with van der Waals surface area (Å²) in [5.41, 5.74) is 0. The third kappa shape index (κ3) is 2.29. The van der Waals surface area contributed by atoms with Gasteiger partial charge in [-0.25, -0.2) is 0 Å². The second-order valence-electron chi connectivity index (χ2n) is 6.48. The van der Waals surface area contributed by atoms with Crippen molar-refractivity contribution < 1.29 is 4.79 Å². The summed E-state index contributed by atoms with van der Waals surface area (Å²) >= 11 is 0. The fourth-order valence-corrected chi connectivity index (χ4v) is 4.38. The van der Waals surface area contributed by atoms with Crippen LogP contribution >= 0.6 is 0 Å². The molecule has 1 amide bonds. The maximum absolute atomic E-state index is 12.4. The molecule has 3 rings (SSSR count). The van der Waals surface area contributed by atoms with Gasteiger partial charge >= 0.3 is 0 Å². The maximum atomic E-state index is 12.4. The molecule has 0 aromatic heterocycles. The molecule has 0 radical (unpaired) electrons. The molecular weight excluding hydrogens is 224 g/mol. The minimum atomic E-state index is 0.170. The average molecular weight is 250 g/mol. The smallest absolute Gasteiger partial charge is 0.237 e. The van der Waals surface area contributed by atoms with E-state index in [9.17, 15) is 4.79 Å². The molecule has 3 aliphatic rings. The second kappa shape index (κ2) is 5.20. The van der Waals surface area contributed by atoms with E-state index >= 15 is 0 Å². The first-order valence-corrected chi connectivity index (χ1v) is 7.82. The first-order chi connectivity index (χ1) is 8.78. The molecule has 2 bridgehead atoms. The third-order valence-electron chi connectivity index (χ3n) is 5.24. The fraction of sp³-hybridized carbons (Fsp3) is 0.933. The van der Waals surface area contributed by atoms with Crippen molar-refractivity contribution in [1.29, 1.82) is 0 Å². The van der Waals surface area contributed by atoms with E-state index < -0.39 is 0 Å². The summed E-state index contributed by atoms with van der Waals surface area (Å²) in [7, 11) is 0. The Morgan fingerprint density at radius 2 is 2.17 bits per heavy atom. The molecule has 4 unspecified atom stereocenters. The monoisotopic (exact) mass is 250 g/mol. The van der Waals surface area contributed by atoms with Crippen LogP contribution in [0.25, 0.3) is 0 Å². The molecule has 3 fully saturated rings. The van der Waals surface area contributed by atoms with E-state index in [1.807, 2.05) is 0 Å². The Morgan fingerprint density at radius 1 is 1.28 bits per heavy atom. The predicted molar refractivity (Wildman–Crippen MR) is 72.3 cm³/mol. The standard InChI is InChI=1S/C15H26N2O/c1-2-7-17-8-3-4-14(17)15(18)16-13-10-11-5-6-12(13)9-11/h11-14H,2-10H2,1H3,(H,16,18). The number of rotatable bonds is 4. The number of amides is 1. The average Bonchev–Trinajstić information content (AvgIpc) is 3.04. The van der Waals surface area contributed by atoms with Crippen molar-refractivity contribution in [2.75, 3.05) is 13.1 Å². The molecule has 2 aliphatic carbocycles. The van der Waals surface area contributed by atoms with Crippen molar-refractivity contribution in [3.8, 4) is 0 Å². The van der Waals surface area contributed by atoms with Gasteiger partial charge in [0.05, 0.1) is 6.04 Å². The Labute approximate surface area is 110 Å². The largest absolute Gasteiger partial charge is 0.352 e. The summed E-state index contributed by atoms with van der Waals surface area (Å²) in [6, 6.07) is 0.671. The van der Waals surface area contributed by atoms with E-state index in [1.54, 1.807) is 0 Å². The molecule has 1 saturated heterocycles. The summed E-state index contributed by atoms with van der Waals surface area (Å²) in [4.78, 5) is 14.8. The van der Waals surface area contributed by atoms with Crippen molar-refractivity contribution in [2.45, 2.75) is 64.0 Å². The van der Waals surface area contributed by atoms with Crippen molar-refractivity contribution >= 4 is 5.91 Å². The lowest BCUT2D eigenvalue weighted by Gasteiger charge is -2.28. The molecule has 1 heterocycles. The van der Waals surface area contributed by atoms with Crippen LogP contribution in [0.4, 0.5) is 0 Å². The van der Waals surface area contributed by atoms with Gasteiger partial charge in [-0.3, -0.25) is 9.69 Å². The zero-order valence-corrected chi connectivity index (χ0v) is 11.5. The highest BCUT2D eigenvalue weighted by molar-refractivity contribution is 5.82. The number of nitrogens with zero attached hydrogens (tertiary/aromatic N) is 1. The van der Waals surface area contributed by atoms with E-state index in [4.69, 9.17) is 0 Å². The molecule has 2 saturated carbocycles.